The van der Waals surface area contributed by atoms with E-state index in [0.29, 0.717) is 18.9 Å². The highest BCUT2D eigenvalue weighted by molar-refractivity contribution is 9.10. The van der Waals surface area contributed by atoms with Crippen molar-refractivity contribution in [2.24, 2.45) is 0 Å². The molecule has 1 heterocycles. The molecular formula is C16H17BrN2O3. The zero-order valence-corrected chi connectivity index (χ0v) is 13.7. The van der Waals surface area contributed by atoms with E-state index in [2.05, 4.69) is 26.2 Å². The molecule has 0 amide bonds. The number of carboxylic acid groups (broad SMARTS) is 1. The predicted octanol–water partition coefficient (Wildman–Crippen LogP) is 2.99. The number of hydrogen-bond acceptors (Lipinski definition) is 4. The molecule has 0 spiro atoms. The van der Waals surface area contributed by atoms with Gasteiger partial charge in [-0.25, -0.2) is 0 Å². The second kappa shape index (κ2) is 7.91. The SMILES string of the molecule is CC(NCc1cc(Br)ccc1OCc1ccccn1)C(=O)O. The van der Waals surface area contributed by atoms with Crippen LogP contribution in [0.5, 0.6) is 5.75 Å². The number of hydrogen-bond donors (Lipinski definition) is 2. The van der Waals surface area contributed by atoms with Gasteiger partial charge >= 0.3 is 5.97 Å². The fraction of sp³-hybridized carbons (Fsp3) is 0.250. The quantitative estimate of drug-likeness (QED) is 0.789. The summed E-state index contributed by atoms with van der Waals surface area (Å²) in [6.45, 7) is 2.38. The lowest BCUT2D eigenvalue weighted by molar-refractivity contribution is -0.139. The van der Waals surface area contributed by atoms with E-state index in [0.717, 1.165) is 15.7 Å². The Balaban J connectivity index is 2.05. The van der Waals surface area contributed by atoms with Crippen LogP contribution in [-0.4, -0.2) is 22.1 Å². The molecule has 0 fully saturated rings. The Morgan fingerprint density at radius 3 is 2.91 bits per heavy atom. The molecule has 0 aliphatic carbocycles. The molecule has 0 bridgehead atoms. The first kappa shape index (κ1) is 16.5. The van der Waals surface area contributed by atoms with Crippen LogP contribution in [0.4, 0.5) is 0 Å². The van der Waals surface area contributed by atoms with Gasteiger partial charge in [0.25, 0.3) is 0 Å². The number of nitrogens with zero attached hydrogens (tertiary/aromatic N) is 1. The largest absolute Gasteiger partial charge is 0.487 e. The van der Waals surface area contributed by atoms with Crippen LogP contribution in [0.1, 0.15) is 18.2 Å². The average molecular weight is 365 g/mol. The molecule has 116 valence electrons. The topological polar surface area (TPSA) is 71.5 Å². The Hall–Kier alpha value is -1.92. The minimum atomic E-state index is -0.883. The number of carbonyl (C=O) groups is 1. The lowest BCUT2D eigenvalue weighted by Gasteiger charge is -2.14. The van der Waals surface area contributed by atoms with Gasteiger partial charge < -0.3 is 15.2 Å². The van der Waals surface area contributed by atoms with Crippen molar-refractivity contribution in [1.29, 1.82) is 0 Å². The minimum Gasteiger partial charge on any atom is -0.487 e. The monoisotopic (exact) mass is 364 g/mol. The average Bonchev–Trinajstić information content (AvgIpc) is 2.52. The summed E-state index contributed by atoms with van der Waals surface area (Å²) in [5.74, 6) is -0.176. The number of benzene rings is 1. The van der Waals surface area contributed by atoms with E-state index in [9.17, 15) is 4.79 Å². The Bertz CT molecular complexity index is 635. The van der Waals surface area contributed by atoms with E-state index in [1.165, 1.54) is 0 Å². The maximum absolute atomic E-state index is 10.9. The van der Waals surface area contributed by atoms with Crippen molar-refractivity contribution in [1.82, 2.24) is 10.3 Å². The summed E-state index contributed by atoms with van der Waals surface area (Å²) in [5, 5.41) is 11.9. The second-order valence-electron chi connectivity index (χ2n) is 4.80. The molecule has 2 aromatic rings. The number of halogens is 1. The summed E-state index contributed by atoms with van der Waals surface area (Å²) in [6, 6.07) is 10.7. The van der Waals surface area contributed by atoms with Gasteiger partial charge in [0, 0.05) is 22.8 Å². The van der Waals surface area contributed by atoms with E-state index in [4.69, 9.17) is 9.84 Å². The van der Waals surface area contributed by atoms with Crippen LogP contribution in [0.25, 0.3) is 0 Å². The third-order valence-corrected chi connectivity index (χ3v) is 3.59. The third kappa shape index (κ3) is 4.82. The maximum atomic E-state index is 10.9. The Labute approximate surface area is 137 Å². The van der Waals surface area contributed by atoms with Gasteiger partial charge in [-0.2, -0.15) is 0 Å². The molecule has 0 saturated carbocycles. The summed E-state index contributed by atoms with van der Waals surface area (Å²) < 4.78 is 6.71. The molecule has 0 aliphatic heterocycles. The molecule has 1 atom stereocenters. The summed E-state index contributed by atoms with van der Waals surface area (Å²) in [7, 11) is 0. The number of ether oxygens (including phenoxy) is 1. The van der Waals surface area contributed by atoms with Crippen LogP contribution in [-0.2, 0) is 17.9 Å². The molecule has 1 aromatic carbocycles. The van der Waals surface area contributed by atoms with E-state index in [-0.39, 0.29) is 0 Å². The maximum Gasteiger partial charge on any atom is 0.320 e. The van der Waals surface area contributed by atoms with Crippen molar-refractivity contribution in [3.63, 3.8) is 0 Å². The molecule has 0 radical (unpaired) electrons. The fourth-order valence-electron chi connectivity index (χ4n) is 1.81. The first-order valence-corrected chi connectivity index (χ1v) is 7.63. The van der Waals surface area contributed by atoms with Gasteiger partial charge in [-0.15, -0.1) is 0 Å². The number of aromatic nitrogens is 1. The van der Waals surface area contributed by atoms with Crippen LogP contribution in [0.2, 0.25) is 0 Å². The van der Waals surface area contributed by atoms with Gasteiger partial charge in [-0.3, -0.25) is 9.78 Å². The van der Waals surface area contributed by atoms with Gasteiger partial charge in [-0.1, -0.05) is 22.0 Å². The Morgan fingerprint density at radius 1 is 1.41 bits per heavy atom. The van der Waals surface area contributed by atoms with Gasteiger partial charge in [0.15, 0.2) is 0 Å². The highest BCUT2D eigenvalue weighted by Gasteiger charge is 2.12. The fourth-order valence-corrected chi connectivity index (χ4v) is 2.22. The predicted molar refractivity (Wildman–Crippen MR) is 86.6 cm³/mol. The number of rotatable bonds is 7. The standard InChI is InChI=1S/C16H17BrN2O3/c1-11(16(20)21)19-9-12-8-13(17)5-6-15(12)22-10-14-4-2-3-7-18-14/h2-8,11,19H,9-10H2,1H3,(H,20,21). The molecule has 2 N–H and O–H groups in total. The molecule has 0 saturated heterocycles. The van der Waals surface area contributed by atoms with Crippen LogP contribution >= 0.6 is 15.9 Å². The van der Waals surface area contributed by atoms with Gasteiger partial charge in [-0.05, 0) is 37.3 Å². The van der Waals surface area contributed by atoms with Crippen molar-refractivity contribution >= 4 is 21.9 Å². The number of carboxylic acids is 1. The zero-order valence-electron chi connectivity index (χ0n) is 12.1. The van der Waals surface area contributed by atoms with E-state index < -0.39 is 12.0 Å². The van der Waals surface area contributed by atoms with Crippen LogP contribution in [0.3, 0.4) is 0 Å². The molecule has 6 heteroatoms. The van der Waals surface area contributed by atoms with Crippen molar-refractivity contribution < 1.29 is 14.6 Å². The van der Waals surface area contributed by atoms with Crippen molar-refractivity contribution in [2.75, 3.05) is 0 Å². The molecule has 0 aliphatic rings. The van der Waals surface area contributed by atoms with Crippen LogP contribution in [0, 0.1) is 0 Å². The molecular weight excluding hydrogens is 348 g/mol. The summed E-state index contributed by atoms with van der Waals surface area (Å²) >= 11 is 3.42. The molecule has 22 heavy (non-hydrogen) atoms. The molecule has 5 nitrogen and oxygen atoms in total. The Morgan fingerprint density at radius 2 is 2.23 bits per heavy atom. The van der Waals surface area contributed by atoms with Crippen molar-refractivity contribution in [2.45, 2.75) is 26.1 Å². The highest BCUT2D eigenvalue weighted by atomic mass is 79.9. The van der Waals surface area contributed by atoms with Gasteiger partial charge in [0.1, 0.15) is 18.4 Å². The number of pyridine rings is 1. The third-order valence-electron chi connectivity index (χ3n) is 3.09. The lowest BCUT2D eigenvalue weighted by Crippen LogP contribution is -2.33. The summed E-state index contributed by atoms with van der Waals surface area (Å²) in [6.07, 6.45) is 1.72. The molecule has 2 rings (SSSR count). The van der Waals surface area contributed by atoms with Gasteiger partial charge in [0.05, 0.1) is 5.69 Å². The lowest BCUT2D eigenvalue weighted by atomic mass is 10.2. The normalized spacial score (nSPS) is 11.9. The van der Waals surface area contributed by atoms with Crippen LogP contribution in [0.15, 0.2) is 47.1 Å². The number of aliphatic carboxylic acids is 1. The van der Waals surface area contributed by atoms with Crippen molar-refractivity contribution in [3.8, 4) is 5.75 Å². The van der Waals surface area contributed by atoms with Crippen LogP contribution < -0.4 is 10.1 Å². The van der Waals surface area contributed by atoms with E-state index in [1.807, 2.05) is 36.4 Å². The highest BCUT2D eigenvalue weighted by Crippen LogP contribution is 2.24. The van der Waals surface area contributed by atoms with Gasteiger partial charge in [0.2, 0.25) is 0 Å². The first-order chi connectivity index (χ1) is 10.6. The van der Waals surface area contributed by atoms with E-state index >= 15 is 0 Å². The second-order valence-corrected chi connectivity index (χ2v) is 5.72. The zero-order chi connectivity index (χ0) is 15.9. The van der Waals surface area contributed by atoms with E-state index in [1.54, 1.807) is 13.1 Å². The smallest absolute Gasteiger partial charge is 0.320 e. The molecule has 1 unspecified atom stereocenters. The minimum absolute atomic E-state index is 0.365. The summed E-state index contributed by atoms with van der Waals surface area (Å²) in [5.41, 5.74) is 1.72. The molecule has 1 aromatic heterocycles. The summed E-state index contributed by atoms with van der Waals surface area (Å²) in [4.78, 5) is 15.1. The van der Waals surface area contributed by atoms with Crippen molar-refractivity contribution in [3.05, 3.63) is 58.3 Å². The first-order valence-electron chi connectivity index (χ1n) is 6.83. The number of nitrogens with one attached hydrogen (secondary N) is 1. The Kier molecular flexibility index (Phi) is 5.91.